The highest BCUT2D eigenvalue weighted by Gasteiger charge is 2.32. The summed E-state index contributed by atoms with van der Waals surface area (Å²) < 4.78 is 5.58. The minimum Gasteiger partial charge on any atom is -0.464 e. The molecule has 1 aromatic rings. The predicted molar refractivity (Wildman–Crippen MR) is 70.4 cm³/mol. The van der Waals surface area contributed by atoms with Gasteiger partial charge in [-0.1, -0.05) is 6.92 Å². The first-order chi connectivity index (χ1) is 9.02. The van der Waals surface area contributed by atoms with Crippen molar-refractivity contribution in [3.63, 3.8) is 0 Å². The molecule has 104 valence electrons. The van der Waals surface area contributed by atoms with Crippen molar-refractivity contribution >= 4 is 11.8 Å². The molecule has 0 radical (unpaired) electrons. The van der Waals surface area contributed by atoms with Gasteiger partial charge in [-0.25, -0.2) is 0 Å². The summed E-state index contributed by atoms with van der Waals surface area (Å²) >= 11 is 0. The van der Waals surface area contributed by atoms with E-state index in [1.54, 1.807) is 4.90 Å². The number of rotatable bonds is 3. The molecule has 2 rings (SSSR count). The highest BCUT2D eigenvalue weighted by atomic mass is 16.3. The van der Waals surface area contributed by atoms with E-state index in [1.807, 2.05) is 32.9 Å². The molecule has 1 aromatic heterocycles. The lowest BCUT2D eigenvalue weighted by Gasteiger charge is -2.28. The van der Waals surface area contributed by atoms with E-state index in [0.29, 0.717) is 19.4 Å². The van der Waals surface area contributed by atoms with Crippen LogP contribution in [0.5, 0.6) is 0 Å². The van der Waals surface area contributed by atoms with Crippen molar-refractivity contribution in [3.8, 4) is 0 Å². The molecule has 0 saturated carbocycles. The molecule has 1 aliphatic heterocycles. The molecule has 0 aliphatic carbocycles. The molecule has 5 nitrogen and oxygen atoms in total. The second-order valence-electron chi connectivity index (χ2n) is 4.93. The van der Waals surface area contributed by atoms with Gasteiger partial charge in [0, 0.05) is 13.0 Å². The summed E-state index contributed by atoms with van der Waals surface area (Å²) in [5.41, 5.74) is 0. The van der Waals surface area contributed by atoms with Crippen molar-refractivity contribution in [2.24, 2.45) is 0 Å². The fraction of sp³-hybridized carbons (Fsp3) is 0.571. The number of hydrogen-bond acceptors (Lipinski definition) is 3. The van der Waals surface area contributed by atoms with Gasteiger partial charge >= 0.3 is 0 Å². The predicted octanol–water partition coefficient (Wildman–Crippen LogP) is 1.78. The van der Waals surface area contributed by atoms with Crippen LogP contribution in [0.2, 0.25) is 0 Å². The Balaban J connectivity index is 2.21. The zero-order valence-corrected chi connectivity index (χ0v) is 11.6. The molecule has 0 aromatic carbocycles. The molecule has 5 heteroatoms. The Labute approximate surface area is 113 Å². The smallest absolute Gasteiger partial charge is 0.245 e. The summed E-state index contributed by atoms with van der Waals surface area (Å²) in [6.45, 7) is 6.13. The van der Waals surface area contributed by atoms with Crippen molar-refractivity contribution in [2.75, 3.05) is 6.54 Å². The third kappa shape index (κ3) is 2.80. The van der Waals surface area contributed by atoms with Crippen LogP contribution in [0.15, 0.2) is 16.5 Å². The number of aryl methyl sites for hydroxylation is 1. The minimum absolute atomic E-state index is 0.0325. The first-order valence-corrected chi connectivity index (χ1v) is 6.69. The third-order valence-electron chi connectivity index (χ3n) is 3.54. The zero-order valence-electron chi connectivity index (χ0n) is 11.6. The van der Waals surface area contributed by atoms with Crippen LogP contribution in [-0.4, -0.2) is 29.3 Å². The molecule has 2 atom stereocenters. The monoisotopic (exact) mass is 264 g/mol. The van der Waals surface area contributed by atoms with E-state index < -0.39 is 6.04 Å². The van der Waals surface area contributed by atoms with E-state index >= 15 is 0 Å². The van der Waals surface area contributed by atoms with E-state index in [2.05, 4.69) is 5.32 Å². The molecule has 2 unspecified atom stereocenters. The van der Waals surface area contributed by atoms with Gasteiger partial charge in [-0.05, 0) is 32.4 Å². The SMILES string of the molecule is CCC1NC(=O)CCN(C(C)c2ccc(C)o2)C1=O. The van der Waals surface area contributed by atoms with E-state index in [0.717, 1.165) is 11.5 Å². The van der Waals surface area contributed by atoms with Gasteiger partial charge in [0.1, 0.15) is 17.6 Å². The van der Waals surface area contributed by atoms with Gasteiger partial charge in [0.05, 0.1) is 6.04 Å². The summed E-state index contributed by atoms with van der Waals surface area (Å²) in [5, 5.41) is 2.76. The lowest BCUT2D eigenvalue weighted by Crippen LogP contribution is -2.44. The number of furan rings is 1. The van der Waals surface area contributed by atoms with Crippen LogP contribution < -0.4 is 5.32 Å². The van der Waals surface area contributed by atoms with E-state index in [-0.39, 0.29) is 17.9 Å². The first-order valence-electron chi connectivity index (χ1n) is 6.69. The molecule has 2 amide bonds. The Morgan fingerprint density at radius 1 is 1.47 bits per heavy atom. The van der Waals surface area contributed by atoms with E-state index in [9.17, 15) is 9.59 Å². The van der Waals surface area contributed by atoms with Gasteiger partial charge in [-0.15, -0.1) is 0 Å². The van der Waals surface area contributed by atoms with Crippen molar-refractivity contribution < 1.29 is 14.0 Å². The fourth-order valence-electron chi connectivity index (χ4n) is 2.35. The maximum atomic E-state index is 12.4. The van der Waals surface area contributed by atoms with Crippen LogP contribution in [-0.2, 0) is 9.59 Å². The Hall–Kier alpha value is -1.78. The number of nitrogens with zero attached hydrogens (tertiary/aromatic N) is 1. The second-order valence-corrected chi connectivity index (χ2v) is 4.93. The van der Waals surface area contributed by atoms with Gasteiger partial charge in [-0.2, -0.15) is 0 Å². The summed E-state index contributed by atoms with van der Waals surface area (Å²) in [6, 6.07) is 3.19. The van der Waals surface area contributed by atoms with Gasteiger partial charge in [0.15, 0.2) is 0 Å². The van der Waals surface area contributed by atoms with Crippen LogP contribution in [0.3, 0.4) is 0 Å². The van der Waals surface area contributed by atoms with E-state index in [1.165, 1.54) is 0 Å². The molecule has 0 bridgehead atoms. The third-order valence-corrected chi connectivity index (χ3v) is 3.54. The molecular weight excluding hydrogens is 244 g/mol. The summed E-state index contributed by atoms with van der Waals surface area (Å²) in [4.78, 5) is 25.7. The number of amides is 2. The Morgan fingerprint density at radius 3 is 2.79 bits per heavy atom. The van der Waals surface area contributed by atoms with Crippen molar-refractivity contribution in [3.05, 3.63) is 23.7 Å². The molecule has 19 heavy (non-hydrogen) atoms. The number of nitrogens with one attached hydrogen (secondary N) is 1. The van der Waals surface area contributed by atoms with Crippen molar-refractivity contribution in [1.29, 1.82) is 0 Å². The quantitative estimate of drug-likeness (QED) is 0.905. The van der Waals surface area contributed by atoms with Gasteiger partial charge in [-0.3, -0.25) is 9.59 Å². The van der Waals surface area contributed by atoms with Gasteiger partial charge in [0.25, 0.3) is 0 Å². The standard InChI is InChI=1S/C14H20N2O3/c1-4-11-14(18)16(8-7-13(17)15-11)10(3)12-6-5-9(2)19-12/h5-6,10-11H,4,7-8H2,1-3H3,(H,15,17). The maximum absolute atomic E-state index is 12.4. The van der Waals surface area contributed by atoms with Crippen molar-refractivity contribution in [2.45, 2.75) is 45.7 Å². The molecule has 2 heterocycles. The van der Waals surface area contributed by atoms with E-state index in [4.69, 9.17) is 4.42 Å². The van der Waals surface area contributed by atoms with Crippen LogP contribution in [0.25, 0.3) is 0 Å². The summed E-state index contributed by atoms with van der Waals surface area (Å²) in [7, 11) is 0. The number of carbonyl (C=O) groups is 2. The molecule has 1 N–H and O–H groups in total. The zero-order chi connectivity index (χ0) is 14.0. The topological polar surface area (TPSA) is 62.6 Å². The molecule has 0 spiro atoms. The highest BCUT2D eigenvalue weighted by molar-refractivity contribution is 5.90. The lowest BCUT2D eigenvalue weighted by molar-refractivity contribution is -0.135. The van der Waals surface area contributed by atoms with Gasteiger partial charge < -0.3 is 14.6 Å². The molecule has 1 fully saturated rings. The Morgan fingerprint density at radius 2 is 2.21 bits per heavy atom. The summed E-state index contributed by atoms with van der Waals surface area (Å²) in [5.74, 6) is 1.49. The Kier molecular flexibility index (Phi) is 3.93. The Bertz CT molecular complexity index is 481. The normalized spacial score (nSPS) is 22.1. The lowest BCUT2D eigenvalue weighted by atomic mass is 10.1. The number of hydrogen-bond donors (Lipinski definition) is 1. The fourth-order valence-corrected chi connectivity index (χ4v) is 2.35. The largest absolute Gasteiger partial charge is 0.464 e. The van der Waals surface area contributed by atoms with Crippen LogP contribution in [0.4, 0.5) is 0 Å². The molecule has 1 aliphatic rings. The minimum atomic E-state index is -0.423. The first kappa shape index (κ1) is 13.6. The van der Waals surface area contributed by atoms with Crippen LogP contribution in [0, 0.1) is 6.92 Å². The molecular formula is C14H20N2O3. The average molecular weight is 264 g/mol. The molecule has 1 saturated heterocycles. The second kappa shape index (κ2) is 5.47. The number of carbonyl (C=O) groups excluding carboxylic acids is 2. The average Bonchev–Trinajstić information content (AvgIpc) is 2.76. The highest BCUT2D eigenvalue weighted by Crippen LogP contribution is 2.24. The van der Waals surface area contributed by atoms with Crippen molar-refractivity contribution in [1.82, 2.24) is 10.2 Å². The van der Waals surface area contributed by atoms with Gasteiger partial charge in [0.2, 0.25) is 11.8 Å². The summed E-state index contributed by atoms with van der Waals surface area (Å²) in [6.07, 6.45) is 0.942. The maximum Gasteiger partial charge on any atom is 0.245 e. The van der Waals surface area contributed by atoms with Crippen LogP contribution in [0.1, 0.15) is 44.3 Å². The van der Waals surface area contributed by atoms with Crippen LogP contribution >= 0.6 is 0 Å².